The maximum atomic E-state index is 11.4. The molecule has 1 heterocycles. The van der Waals surface area contributed by atoms with Crippen molar-refractivity contribution >= 4 is 63.6 Å². The summed E-state index contributed by atoms with van der Waals surface area (Å²) in [6.07, 6.45) is -0.464. The van der Waals surface area contributed by atoms with E-state index in [4.69, 9.17) is 27.9 Å². The maximum absolute atomic E-state index is 11.4. The molecule has 0 atom stereocenters. The average molecular weight is 401 g/mol. The number of nitrogens with one attached hydrogen (secondary N) is 2. The van der Waals surface area contributed by atoms with Crippen LogP contribution in [-0.2, 0) is 15.9 Å². The van der Waals surface area contributed by atoms with Crippen LogP contribution in [0.4, 0.5) is 9.59 Å². The normalized spacial score (nSPS) is 10.0. The van der Waals surface area contributed by atoms with Gasteiger partial charge < -0.3 is 9.47 Å². The average Bonchev–Trinajstić information content (AvgIpc) is 2.91. The Bertz CT molecular complexity index is 568. The molecular weight excluding hydrogens is 387 g/mol. The summed E-state index contributed by atoms with van der Waals surface area (Å²) in [6, 6.07) is 1.50. The molecule has 0 aromatic carbocycles. The first-order valence-electron chi connectivity index (χ1n) is 6.26. The van der Waals surface area contributed by atoms with Crippen LogP contribution in [-0.4, -0.2) is 42.7 Å². The van der Waals surface area contributed by atoms with E-state index in [2.05, 4.69) is 15.6 Å². The van der Waals surface area contributed by atoms with Crippen LogP contribution < -0.4 is 10.9 Å². The van der Waals surface area contributed by atoms with Crippen LogP contribution in [0.1, 0.15) is 14.5 Å². The van der Waals surface area contributed by atoms with Crippen molar-refractivity contribution in [2.24, 2.45) is 0 Å². The number of thioether (sulfide) groups is 1. The topological polar surface area (TPSA) is 93.7 Å². The largest absolute Gasteiger partial charge is 0.465 e. The van der Waals surface area contributed by atoms with E-state index in [9.17, 15) is 14.4 Å². The molecule has 0 fully saturated rings. The standard InChI is InChI=1S/C12H14Cl2N2O5S2/c1-20-10(17)9-6-7(14)8(23-9)2-4-21-11(18)15-16-12(19)22-5-3-13/h6H,2-5H2,1H3,(H,15,18)(H,16,19). The van der Waals surface area contributed by atoms with Crippen LogP contribution in [0.3, 0.4) is 0 Å². The zero-order valence-corrected chi connectivity index (χ0v) is 15.2. The van der Waals surface area contributed by atoms with Crippen LogP contribution >= 0.6 is 46.3 Å². The van der Waals surface area contributed by atoms with Gasteiger partial charge in [0.2, 0.25) is 0 Å². The predicted molar refractivity (Wildman–Crippen MR) is 90.6 cm³/mol. The maximum Gasteiger partial charge on any atom is 0.426 e. The first-order chi connectivity index (χ1) is 11.0. The third-order valence-corrected chi connectivity index (χ3v) is 5.09. The van der Waals surface area contributed by atoms with E-state index in [1.807, 2.05) is 0 Å². The van der Waals surface area contributed by atoms with Crippen molar-refractivity contribution in [1.29, 1.82) is 0 Å². The predicted octanol–water partition coefficient (Wildman–Crippen LogP) is 3.05. The Kier molecular flexibility index (Phi) is 9.15. The number of hydrogen-bond acceptors (Lipinski definition) is 7. The van der Waals surface area contributed by atoms with Crippen molar-refractivity contribution in [3.05, 3.63) is 20.8 Å². The highest BCUT2D eigenvalue weighted by atomic mass is 35.5. The van der Waals surface area contributed by atoms with Gasteiger partial charge in [0.15, 0.2) is 0 Å². The lowest BCUT2D eigenvalue weighted by Gasteiger charge is -2.07. The number of carbonyl (C=O) groups excluding carboxylic acids is 3. The van der Waals surface area contributed by atoms with Gasteiger partial charge in [-0.15, -0.1) is 22.9 Å². The fraction of sp³-hybridized carbons (Fsp3) is 0.417. The van der Waals surface area contributed by atoms with Gasteiger partial charge in [0.25, 0.3) is 5.24 Å². The lowest BCUT2D eigenvalue weighted by Crippen LogP contribution is -2.40. The van der Waals surface area contributed by atoms with E-state index in [1.54, 1.807) is 0 Å². The number of thiophene rings is 1. The molecule has 0 bridgehead atoms. The number of alkyl halides is 1. The second kappa shape index (κ2) is 10.6. The van der Waals surface area contributed by atoms with Gasteiger partial charge in [-0.05, 0) is 6.07 Å². The molecule has 7 nitrogen and oxygen atoms in total. The van der Waals surface area contributed by atoms with Gasteiger partial charge in [-0.3, -0.25) is 10.2 Å². The molecule has 2 N–H and O–H groups in total. The molecule has 1 aromatic heterocycles. The van der Waals surface area contributed by atoms with Crippen LogP contribution in [0.2, 0.25) is 5.02 Å². The molecule has 11 heteroatoms. The van der Waals surface area contributed by atoms with Crippen molar-refractivity contribution in [3.63, 3.8) is 0 Å². The number of methoxy groups -OCH3 is 1. The molecule has 23 heavy (non-hydrogen) atoms. The highest BCUT2D eigenvalue weighted by Gasteiger charge is 2.14. The van der Waals surface area contributed by atoms with Crippen molar-refractivity contribution < 1.29 is 23.9 Å². The van der Waals surface area contributed by atoms with E-state index in [0.717, 1.165) is 11.8 Å². The summed E-state index contributed by atoms with van der Waals surface area (Å²) >= 11 is 13.5. The Morgan fingerprint density at radius 1 is 1.35 bits per heavy atom. The summed E-state index contributed by atoms with van der Waals surface area (Å²) in [4.78, 5) is 35.0. The molecule has 0 saturated carbocycles. The van der Waals surface area contributed by atoms with Gasteiger partial charge in [0.05, 0.1) is 18.7 Å². The van der Waals surface area contributed by atoms with Crippen LogP contribution in [0.15, 0.2) is 6.07 Å². The summed E-state index contributed by atoms with van der Waals surface area (Å²) in [5, 5.41) is -0.0307. The number of hydrogen-bond donors (Lipinski definition) is 2. The fourth-order valence-corrected chi connectivity index (χ4v) is 3.27. The Hall–Kier alpha value is -1.16. The van der Waals surface area contributed by atoms with Crippen LogP contribution in [0.5, 0.6) is 0 Å². The molecular formula is C12H14Cl2N2O5S2. The molecule has 1 aromatic rings. The zero-order chi connectivity index (χ0) is 17.2. The second-order valence-electron chi connectivity index (χ2n) is 3.83. The third kappa shape index (κ3) is 7.30. The summed E-state index contributed by atoms with van der Waals surface area (Å²) in [6.45, 7) is 0.0391. The van der Waals surface area contributed by atoms with E-state index in [1.165, 1.54) is 24.5 Å². The van der Waals surface area contributed by atoms with Gasteiger partial charge >= 0.3 is 12.1 Å². The van der Waals surface area contributed by atoms with E-state index >= 15 is 0 Å². The molecule has 0 aliphatic heterocycles. The quantitative estimate of drug-likeness (QED) is 0.432. The number of amides is 2. The Labute approximate surface area is 151 Å². The van der Waals surface area contributed by atoms with Crippen molar-refractivity contribution in [2.45, 2.75) is 6.42 Å². The first kappa shape index (κ1) is 19.9. The first-order valence-corrected chi connectivity index (χ1v) is 8.97. The minimum Gasteiger partial charge on any atom is -0.465 e. The SMILES string of the molecule is COC(=O)c1cc(Cl)c(CCOC(=O)NNC(=O)SCCCl)s1. The highest BCUT2D eigenvalue weighted by molar-refractivity contribution is 8.13. The van der Waals surface area contributed by atoms with Crippen molar-refractivity contribution in [2.75, 3.05) is 25.3 Å². The lowest BCUT2D eigenvalue weighted by molar-refractivity contribution is 0.0606. The monoisotopic (exact) mass is 400 g/mol. The number of rotatable bonds is 6. The van der Waals surface area contributed by atoms with E-state index in [-0.39, 0.29) is 6.61 Å². The minimum atomic E-state index is -0.800. The molecule has 0 radical (unpaired) electrons. The summed E-state index contributed by atoms with van der Waals surface area (Å²) in [5.74, 6) is 0.292. The fourth-order valence-electron chi connectivity index (χ4n) is 1.32. The molecule has 0 aliphatic rings. The Balaban J connectivity index is 2.31. The molecule has 0 spiro atoms. The van der Waals surface area contributed by atoms with Gasteiger partial charge in [0.1, 0.15) is 4.88 Å². The van der Waals surface area contributed by atoms with Crippen LogP contribution in [0, 0.1) is 0 Å². The molecule has 128 valence electrons. The second-order valence-corrected chi connectivity index (χ2v) is 6.82. The number of hydrazine groups is 1. The van der Waals surface area contributed by atoms with Gasteiger partial charge in [-0.1, -0.05) is 23.4 Å². The summed E-state index contributed by atoms with van der Waals surface area (Å²) < 4.78 is 9.48. The Morgan fingerprint density at radius 3 is 2.74 bits per heavy atom. The highest BCUT2D eigenvalue weighted by Crippen LogP contribution is 2.27. The van der Waals surface area contributed by atoms with Gasteiger partial charge in [-0.25, -0.2) is 15.0 Å². The van der Waals surface area contributed by atoms with Crippen molar-refractivity contribution in [3.8, 4) is 0 Å². The molecule has 2 amide bonds. The van der Waals surface area contributed by atoms with E-state index < -0.39 is 17.3 Å². The summed E-state index contributed by atoms with van der Waals surface area (Å²) in [7, 11) is 1.28. The number of esters is 1. The minimum absolute atomic E-state index is 0.0391. The molecule has 1 rings (SSSR count). The lowest BCUT2D eigenvalue weighted by atomic mass is 10.3. The molecule has 0 saturated heterocycles. The van der Waals surface area contributed by atoms with Gasteiger partial charge in [-0.2, -0.15) is 0 Å². The number of ether oxygens (including phenoxy) is 2. The van der Waals surface area contributed by atoms with Gasteiger partial charge in [0, 0.05) is 22.9 Å². The third-order valence-electron chi connectivity index (χ3n) is 2.28. The Morgan fingerprint density at radius 2 is 2.09 bits per heavy atom. The zero-order valence-electron chi connectivity index (χ0n) is 12.0. The molecule has 0 unspecified atom stereocenters. The summed E-state index contributed by atoms with van der Waals surface area (Å²) in [5.41, 5.74) is 4.26. The van der Waals surface area contributed by atoms with Crippen LogP contribution in [0.25, 0.3) is 0 Å². The van der Waals surface area contributed by atoms with E-state index in [0.29, 0.717) is 32.8 Å². The smallest absolute Gasteiger partial charge is 0.426 e. The number of halogens is 2. The molecule has 0 aliphatic carbocycles. The number of carbonyl (C=O) groups is 3. The van der Waals surface area contributed by atoms with Crippen molar-refractivity contribution in [1.82, 2.24) is 10.9 Å².